The molecule has 3 atom stereocenters. The van der Waals surface area contributed by atoms with E-state index in [4.69, 9.17) is 5.11 Å². The van der Waals surface area contributed by atoms with Crippen molar-refractivity contribution in [2.75, 3.05) is 13.1 Å². The van der Waals surface area contributed by atoms with Crippen LogP contribution in [0.1, 0.15) is 58.3 Å². The Kier molecular flexibility index (Phi) is 5.88. The van der Waals surface area contributed by atoms with E-state index >= 15 is 0 Å². The molecule has 2 rings (SSSR count). The Morgan fingerprint density at radius 2 is 1.95 bits per heavy atom. The van der Waals surface area contributed by atoms with Gasteiger partial charge in [-0.15, -0.1) is 0 Å². The van der Waals surface area contributed by atoms with Crippen molar-refractivity contribution in [1.29, 1.82) is 0 Å². The number of carbonyl (C=O) groups is 2. The number of fused-ring (bicyclic) bond motifs is 1. The van der Waals surface area contributed by atoms with E-state index < -0.39 is 5.97 Å². The summed E-state index contributed by atoms with van der Waals surface area (Å²) in [6, 6.07) is -0.317. The largest absolute Gasteiger partial charge is 0.481 e. The molecule has 5 heteroatoms. The first-order valence-electron chi connectivity index (χ1n) is 8.37. The fraction of sp³-hybridized carbons (Fsp3) is 0.875. The van der Waals surface area contributed by atoms with Crippen LogP contribution >= 0.6 is 0 Å². The van der Waals surface area contributed by atoms with E-state index in [-0.39, 0.29) is 18.5 Å². The van der Waals surface area contributed by atoms with Gasteiger partial charge in [0, 0.05) is 19.1 Å². The van der Waals surface area contributed by atoms with E-state index in [9.17, 15) is 9.59 Å². The van der Waals surface area contributed by atoms with Gasteiger partial charge in [-0.1, -0.05) is 32.6 Å². The number of hydrogen-bond acceptors (Lipinski definition) is 2. The number of rotatable bonds is 5. The van der Waals surface area contributed by atoms with Crippen LogP contribution < -0.4 is 5.32 Å². The highest BCUT2D eigenvalue weighted by atomic mass is 16.4. The molecule has 5 nitrogen and oxygen atoms in total. The van der Waals surface area contributed by atoms with E-state index in [0.29, 0.717) is 5.92 Å². The molecule has 2 aliphatic rings. The first kappa shape index (κ1) is 16.1. The maximum absolute atomic E-state index is 12.4. The van der Waals surface area contributed by atoms with Gasteiger partial charge in [-0.3, -0.25) is 4.79 Å². The van der Waals surface area contributed by atoms with Crippen LogP contribution in [0.15, 0.2) is 0 Å². The lowest BCUT2D eigenvalue weighted by molar-refractivity contribution is -0.137. The van der Waals surface area contributed by atoms with E-state index in [0.717, 1.165) is 38.3 Å². The molecule has 0 aromatic heterocycles. The van der Waals surface area contributed by atoms with Crippen LogP contribution in [0.5, 0.6) is 0 Å². The summed E-state index contributed by atoms with van der Waals surface area (Å²) in [5.74, 6) is 0.607. The predicted octanol–water partition coefficient (Wildman–Crippen LogP) is 2.85. The standard InChI is InChI=1S/C16H28N2O3/c1-2-5-14(10-15(19)20)17-16(21)18-9-8-12-6-3-4-7-13(12)11-18/h12-14H,2-11H2,1H3,(H,17,21)(H,19,20). The Balaban J connectivity index is 1.85. The van der Waals surface area contributed by atoms with Crippen LogP contribution in [0, 0.1) is 11.8 Å². The third kappa shape index (κ3) is 4.61. The number of nitrogens with one attached hydrogen (secondary N) is 1. The molecule has 2 amide bonds. The number of likely N-dealkylation sites (tertiary alicyclic amines) is 1. The Morgan fingerprint density at radius 1 is 1.24 bits per heavy atom. The van der Waals surface area contributed by atoms with Gasteiger partial charge < -0.3 is 15.3 Å². The summed E-state index contributed by atoms with van der Waals surface area (Å²) in [4.78, 5) is 25.1. The van der Waals surface area contributed by atoms with E-state index in [2.05, 4.69) is 5.32 Å². The Hall–Kier alpha value is -1.26. The van der Waals surface area contributed by atoms with Gasteiger partial charge >= 0.3 is 12.0 Å². The summed E-state index contributed by atoms with van der Waals surface area (Å²) in [7, 11) is 0. The van der Waals surface area contributed by atoms with Crippen molar-refractivity contribution in [2.45, 2.75) is 64.3 Å². The molecule has 0 bridgehead atoms. The minimum atomic E-state index is -0.847. The molecular formula is C16H28N2O3. The molecule has 1 saturated carbocycles. The second-order valence-electron chi connectivity index (χ2n) is 6.57. The lowest BCUT2D eigenvalue weighted by Crippen LogP contribution is -2.51. The van der Waals surface area contributed by atoms with Crippen molar-refractivity contribution < 1.29 is 14.7 Å². The molecule has 0 spiro atoms. The summed E-state index contributed by atoms with van der Waals surface area (Å²) in [6.45, 7) is 3.68. The molecule has 0 radical (unpaired) electrons. The summed E-state index contributed by atoms with van der Waals surface area (Å²) in [6.07, 6.45) is 7.90. The van der Waals surface area contributed by atoms with Crippen molar-refractivity contribution in [3.05, 3.63) is 0 Å². The van der Waals surface area contributed by atoms with Crippen LogP contribution in [-0.2, 0) is 4.79 Å². The molecule has 1 aliphatic carbocycles. The minimum absolute atomic E-state index is 0.0134. The molecule has 0 aromatic rings. The zero-order valence-electron chi connectivity index (χ0n) is 13.0. The maximum Gasteiger partial charge on any atom is 0.317 e. The Labute approximate surface area is 127 Å². The fourth-order valence-corrected chi connectivity index (χ4v) is 3.84. The van der Waals surface area contributed by atoms with Crippen LogP contribution in [0.3, 0.4) is 0 Å². The first-order valence-corrected chi connectivity index (χ1v) is 8.37. The summed E-state index contributed by atoms with van der Waals surface area (Å²) in [5.41, 5.74) is 0. The van der Waals surface area contributed by atoms with E-state index in [1.807, 2.05) is 11.8 Å². The third-order valence-electron chi connectivity index (χ3n) is 4.96. The SMILES string of the molecule is CCCC(CC(=O)O)NC(=O)N1CCC2CCCCC2C1. The molecule has 1 saturated heterocycles. The summed E-state index contributed by atoms with van der Waals surface area (Å²) < 4.78 is 0. The van der Waals surface area contributed by atoms with Crippen molar-refractivity contribution in [1.82, 2.24) is 10.2 Å². The van der Waals surface area contributed by atoms with Gasteiger partial charge in [0.25, 0.3) is 0 Å². The number of carboxylic acid groups (broad SMARTS) is 1. The minimum Gasteiger partial charge on any atom is -0.481 e. The number of piperidine rings is 1. The van der Waals surface area contributed by atoms with Crippen molar-refractivity contribution in [3.8, 4) is 0 Å². The maximum atomic E-state index is 12.4. The molecule has 2 N–H and O–H groups in total. The molecule has 1 heterocycles. The smallest absolute Gasteiger partial charge is 0.317 e. The molecule has 1 aliphatic heterocycles. The molecular weight excluding hydrogens is 268 g/mol. The number of nitrogens with zero attached hydrogens (tertiary/aromatic N) is 1. The van der Waals surface area contributed by atoms with Gasteiger partial charge in [-0.2, -0.15) is 0 Å². The molecule has 3 unspecified atom stereocenters. The van der Waals surface area contributed by atoms with Gasteiger partial charge in [-0.25, -0.2) is 4.79 Å². The Bertz CT molecular complexity index is 373. The van der Waals surface area contributed by atoms with Crippen molar-refractivity contribution >= 4 is 12.0 Å². The average Bonchev–Trinajstić information content (AvgIpc) is 2.46. The van der Waals surface area contributed by atoms with Crippen molar-refractivity contribution in [3.63, 3.8) is 0 Å². The first-order chi connectivity index (χ1) is 10.1. The lowest BCUT2D eigenvalue weighted by Gasteiger charge is -2.41. The normalized spacial score (nSPS) is 26.8. The topological polar surface area (TPSA) is 69.6 Å². The molecule has 2 fully saturated rings. The van der Waals surface area contributed by atoms with E-state index in [1.165, 1.54) is 25.7 Å². The Morgan fingerprint density at radius 3 is 2.62 bits per heavy atom. The highest BCUT2D eigenvalue weighted by molar-refractivity contribution is 5.76. The number of carbonyl (C=O) groups excluding carboxylic acids is 1. The molecule has 120 valence electrons. The van der Waals surface area contributed by atoms with Crippen LogP contribution in [0.25, 0.3) is 0 Å². The highest BCUT2D eigenvalue weighted by Crippen LogP contribution is 2.35. The highest BCUT2D eigenvalue weighted by Gasteiger charge is 2.33. The second kappa shape index (κ2) is 7.66. The zero-order chi connectivity index (χ0) is 15.2. The van der Waals surface area contributed by atoms with Crippen LogP contribution in [-0.4, -0.2) is 41.1 Å². The van der Waals surface area contributed by atoms with Gasteiger partial charge in [0.15, 0.2) is 0 Å². The van der Waals surface area contributed by atoms with Crippen molar-refractivity contribution in [2.24, 2.45) is 11.8 Å². The third-order valence-corrected chi connectivity index (χ3v) is 4.96. The molecule has 0 aromatic carbocycles. The van der Waals surface area contributed by atoms with Crippen LogP contribution in [0.4, 0.5) is 4.79 Å². The number of aliphatic carboxylic acids is 1. The second-order valence-corrected chi connectivity index (χ2v) is 6.57. The van der Waals surface area contributed by atoms with Gasteiger partial charge in [0.2, 0.25) is 0 Å². The predicted molar refractivity (Wildman–Crippen MR) is 81.1 cm³/mol. The van der Waals surface area contributed by atoms with Gasteiger partial charge in [0.1, 0.15) is 0 Å². The number of amides is 2. The average molecular weight is 296 g/mol. The zero-order valence-corrected chi connectivity index (χ0v) is 13.0. The lowest BCUT2D eigenvalue weighted by atomic mass is 9.75. The number of urea groups is 1. The number of hydrogen-bond donors (Lipinski definition) is 2. The fourth-order valence-electron chi connectivity index (χ4n) is 3.84. The quantitative estimate of drug-likeness (QED) is 0.819. The summed E-state index contributed by atoms with van der Waals surface area (Å²) >= 11 is 0. The summed E-state index contributed by atoms with van der Waals surface area (Å²) in [5, 5.41) is 11.8. The van der Waals surface area contributed by atoms with Gasteiger partial charge in [-0.05, 0) is 31.1 Å². The van der Waals surface area contributed by atoms with E-state index in [1.54, 1.807) is 0 Å². The van der Waals surface area contributed by atoms with Gasteiger partial charge in [0.05, 0.1) is 6.42 Å². The van der Waals surface area contributed by atoms with Crippen LogP contribution in [0.2, 0.25) is 0 Å². The monoisotopic (exact) mass is 296 g/mol. The number of carboxylic acids is 1. The molecule has 21 heavy (non-hydrogen) atoms.